The fraction of sp³-hybridized carbons (Fsp3) is 0.227. The van der Waals surface area contributed by atoms with Gasteiger partial charge in [-0.2, -0.15) is 23.5 Å². The van der Waals surface area contributed by atoms with Gasteiger partial charge in [0.25, 0.3) is 0 Å². The molecule has 4 heterocycles. The number of nitrogens with one attached hydrogen (secondary N) is 2. The summed E-state index contributed by atoms with van der Waals surface area (Å²) in [6.45, 7) is -2.70. The average Bonchev–Trinajstić information content (AvgIpc) is 3.62. The first-order chi connectivity index (χ1) is 17.8. The number of hydrogen-bond acceptors (Lipinski definition) is 9. The third-order valence-corrected chi connectivity index (χ3v) is 6.40. The molecular formula is C22H16ClF3N6O4S. The van der Waals surface area contributed by atoms with E-state index in [2.05, 4.69) is 20.7 Å². The van der Waals surface area contributed by atoms with Crippen LogP contribution in [0.1, 0.15) is 35.3 Å². The highest BCUT2D eigenvalue weighted by Crippen LogP contribution is 2.41. The molecule has 0 bridgehead atoms. The van der Waals surface area contributed by atoms with Gasteiger partial charge in [0.15, 0.2) is 10.8 Å². The number of aromatic nitrogens is 3. The summed E-state index contributed by atoms with van der Waals surface area (Å²) in [6, 6.07) is 4.18. The van der Waals surface area contributed by atoms with Gasteiger partial charge < -0.3 is 15.4 Å². The highest BCUT2D eigenvalue weighted by Gasteiger charge is 2.34. The quantitative estimate of drug-likeness (QED) is 0.474. The van der Waals surface area contributed by atoms with Gasteiger partial charge in [-0.1, -0.05) is 17.7 Å². The minimum Gasteiger partial charge on any atom is -0.447 e. The van der Waals surface area contributed by atoms with Crippen molar-refractivity contribution in [1.82, 2.24) is 25.4 Å². The Morgan fingerprint density at radius 2 is 2.08 bits per heavy atom. The Balaban J connectivity index is 0.00000102. The lowest BCUT2D eigenvalue weighted by Crippen LogP contribution is -2.35. The standard InChI is InChI=1S/C21H16ClF3N6O2S.CO2/c22-13-7-10(23)1-2-12(13)17-16(14-3-5-31(30-14)20(24)25)15(8-11-9-33-21(32)27-11)28-18(29-17)19-26-4-6-34-19;2-1-3/h1-7,11,17,20H,8-9H2,(H,27,32)(H,28,29);/t11-,17+;/m1./s1. The second-order valence-electron chi connectivity index (χ2n) is 7.59. The molecule has 0 aliphatic carbocycles. The van der Waals surface area contributed by atoms with Crippen LogP contribution in [0.3, 0.4) is 0 Å². The minimum absolute atomic E-state index is 0.122. The van der Waals surface area contributed by atoms with E-state index >= 15 is 0 Å². The van der Waals surface area contributed by atoms with Gasteiger partial charge in [-0.05, 0) is 18.2 Å². The SMILES string of the molecule is O=C1N[C@H](CC2=C(c3ccn(C(F)F)n3)[C@H](c3ccc(F)cc3Cl)N=C(c3nccs3)N2)CO1.O=C=O. The Morgan fingerprint density at radius 3 is 2.68 bits per heavy atom. The lowest BCUT2D eigenvalue weighted by Gasteiger charge is -2.29. The molecule has 1 aromatic carbocycles. The number of nitrogens with zero attached hydrogens (tertiary/aromatic N) is 4. The Bertz CT molecular complexity index is 1390. The molecule has 5 rings (SSSR count). The van der Waals surface area contributed by atoms with Gasteiger partial charge in [-0.15, -0.1) is 11.3 Å². The Morgan fingerprint density at radius 1 is 1.30 bits per heavy atom. The second-order valence-corrected chi connectivity index (χ2v) is 8.89. The molecule has 3 aromatic rings. The van der Waals surface area contributed by atoms with E-state index in [-0.39, 0.29) is 35.9 Å². The molecule has 2 N–H and O–H groups in total. The second kappa shape index (κ2) is 11.4. The summed E-state index contributed by atoms with van der Waals surface area (Å²) < 4.78 is 45.9. The lowest BCUT2D eigenvalue weighted by molar-refractivity contribution is -0.191. The van der Waals surface area contributed by atoms with Crippen LogP contribution in [0.4, 0.5) is 18.0 Å². The molecule has 0 saturated carbocycles. The number of benzene rings is 1. The molecule has 1 amide bonds. The van der Waals surface area contributed by atoms with E-state index in [1.54, 1.807) is 11.6 Å². The molecule has 37 heavy (non-hydrogen) atoms. The van der Waals surface area contributed by atoms with Crippen LogP contribution in [0, 0.1) is 5.82 Å². The summed E-state index contributed by atoms with van der Waals surface area (Å²) in [6.07, 6.45) is 2.76. The van der Waals surface area contributed by atoms with Gasteiger partial charge in [-0.25, -0.2) is 18.9 Å². The fourth-order valence-electron chi connectivity index (χ4n) is 3.83. The van der Waals surface area contributed by atoms with Crippen molar-refractivity contribution in [3.05, 3.63) is 74.8 Å². The number of ether oxygens (including phenoxy) is 1. The van der Waals surface area contributed by atoms with Crippen molar-refractivity contribution in [3.8, 4) is 0 Å². The molecule has 15 heteroatoms. The van der Waals surface area contributed by atoms with Crippen LogP contribution in [0.25, 0.3) is 5.57 Å². The molecule has 1 fully saturated rings. The summed E-state index contributed by atoms with van der Waals surface area (Å²) in [4.78, 5) is 36.9. The van der Waals surface area contributed by atoms with E-state index in [0.717, 1.165) is 12.3 Å². The Labute approximate surface area is 215 Å². The Hall–Kier alpha value is -4.00. The maximum Gasteiger partial charge on any atom is 0.407 e. The fourth-order valence-corrected chi connectivity index (χ4v) is 4.69. The zero-order valence-electron chi connectivity index (χ0n) is 18.5. The number of hydrogen-bond donors (Lipinski definition) is 2. The molecular weight excluding hydrogens is 537 g/mol. The van der Waals surface area contributed by atoms with E-state index in [1.165, 1.54) is 29.5 Å². The molecule has 2 aromatic heterocycles. The summed E-state index contributed by atoms with van der Waals surface area (Å²) in [5.74, 6) is -0.0944. The summed E-state index contributed by atoms with van der Waals surface area (Å²) >= 11 is 7.74. The number of alkyl halides is 2. The molecule has 1 saturated heterocycles. The molecule has 0 unspecified atom stereocenters. The van der Waals surface area contributed by atoms with E-state index in [0.29, 0.717) is 32.4 Å². The highest BCUT2D eigenvalue weighted by molar-refractivity contribution is 7.11. The number of thiazole rings is 1. The summed E-state index contributed by atoms with van der Waals surface area (Å²) in [5, 5.41) is 12.5. The van der Waals surface area contributed by atoms with Crippen LogP contribution in [0.2, 0.25) is 5.02 Å². The van der Waals surface area contributed by atoms with Gasteiger partial charge >= 0.3 is 18.8 Å². The largest absolute Gasteiger partial charge is 0.447 e. The summed E-state index contributed by atoms with van der Waals surface area (Å²) in [7, 11) is 0. The van der Waals surface area contributed by atoms with Crippen LogP contribution >= 0.6 is 22.9 Å². The first-order valence-electron chi connectivity index (χ1n) is 10.5. The van der Waals surface area contributed by atoms with Crippen molar-refractivity contribution in [1.29, 1.82) is 0 Å². The molecule has 0 spiro atoms. The maximum absolute atomic E-state index is 13.8. The number of halogens is 4. The normalized spacial score (nSPS) is 18.8. The Kier molecular flexibility index (Phi) is 8.01. The van der Waals surface area contributed by atoms with Crippen molar-refractivity contribution >= 4 is 46.6 Å². The van der Waals surface area contributed by atoms with Crippen LogP contribution in [0.5, 0.6) is 0 Å². The van der Waals surface area contributed by atoms with E-state index in [4.69, 9.17) is 30.9 Å². The number of amidine groups is 1. The maximum atomic E-state index is 13.8. The van der Waals surface area contributed by atoms with Crippen LogP contribution in [-0.4, -0.2) is 45.5 Å². The predicted octanol–water partition coefficient (Wildman–Crippen LogP) is 3.94. The van der Waals surface area contributed by atoms with Crippen LogP contribution in [-0.2, 0) is 14.3 Å². The van der Waals surface area contributed by atoms with E-state index < -0.39 is 24.5 Å². The zero-order chi connectivity index (χ0) is 26.5. The van der Waals surface area contributed by atoms with Crippen molar-refractivity contribution in [3.63, 3.8) is 0 Å². The first-order valence-corrected chi connectivity index (χ1v) is 11.8. The summed E-state index contributed by atoms with van der Waals surface area (Å²) in [5.41, 5.74) is 1.74. The zero-order valence-corrected chi connectivity index (χ0v) is 20.1. The average molecular weight is 553 g/mol. The number of carbonyl (C=O) groups excluding carboxylic acids is 3. The van der Waals surface area contributed by atoms with Crippen LogP contribution < -0.4 is 10.6 Å². The van der Waals surface area contributed by atoms with Gasteiger partial charge in [0.2, 0.25) is 0 Å². The van der Waals surface area contributed by atoms with E-state index in [9.17, 15) is 18.0 Å². The third kappa shape index (κ3) is 5.88. The third-order valence-electron chi connectivity index (χ3n) is 5.29. The molecule has 2 aliphatic heterocycles. The molecule has 10 nitrogen and oxygen atoms in total. The number of alkyl carbamates (subject to hydrolysis) is 1. The smallest absolute Gasteiger partial charge is 0.407 e. The molecule has 2 atom stereocenters. The van der Waals surface area contributed by atoms with Gasteiger partial charge in [0.05, 0.1) is 11.7 Å². The minimum atomic E-state index is -2.83. The van der Waals surface area contributed by atoms with Crippen molar-refractivity contribution in [2.24, 2.45) is 4.99 Å². The first kappa shape index (κ1) is 26.1. The molecule has 2 aliphatic rings. The lowest BCUT2D eigenvalue weighted by atomic mass is 9.91. The van der Waals surface area contributed by atoms with Gasteiger partial charge in [-0.3, -0.25) is 4.99 Å². The van der Waals surface area contributed by atoms with E-state index in [1.807, 2.05) is 0 Å². The van der Waals surface area contributed by atoms with Crippen molar-refractivity contribution < 1.29 is 32.3 Å². The van der Waals surface area contributed by atoms with Crippen molar-refractivity contribution in [2.45, 2.75) is 25.1 Å². The number of aliphatic imine (C=N–C) groups is 1. The van der Waals surface area contributed by atoms with Gasteiger partial charge in [0, 0.05) is 46.1 Å². The van der Waals surface area contributed by atoms with Crippen molar-refractivity contribution in [2.75, 3.05) is 6.61 Å². The monoisotopic (exact) mass is 552 g/mol. The van der Waals surface area contributed by atoms with Crippen LogP contribution in [0.15, 0.2) is 52.7 Å². The van der Waals surface area contributed by atoms with Gasteiger partial charge in [0.1, 0.15) is 18.5 Å². The topological polar surface area (TPSA) is 128 Å². The number of cyclic esters (lactones) is 1. The number of rotatable bonds is 6. The predicted molar refractivity (Wildman–Crippen MR) is 124 cm³/mol. The molecule has 0 radical (unpaired) electrons. The number of amides is 1. The number of carbonyl (C=O) groups is 1. The highest BCUT2D eigenvalue weighted by atomic mass is 35.5. The molecule has 192 valence electrons.